The molecule has 1 aliphatic carbocycles. The fourth-order valence-electron chi connectivity index (χ4n) is 4.46. The number of carbonyl (C=O) groups is 1. The fourth-order valence-corrected chi connectivity index (χ4v) is 5.29. The van der Waals surface area contributed by atoms with E-state index in [1.54, 1.807) is 11.3 Å². The molecule has 1 heterocycles. The van der Waals surface area contributed by atoms with E-state index in [0.717, 1.165) is 43.8 Å². The van der Waals surface area contributed by atoms with Crippen LogP contribution in [0.3, 0.4) is 0 Å². The van der Waals surface area contributed by atoms with Crippen LogP contribution >= 0.6 is 11.3 Å². The molecule has 1 amide bonds. The second kappa shape index (κ2) is 10.9. The van der Waals surface area contributed by atoms with Crippen molar-refractivity contribution in [1.29, 1.82) is 0 Å². The van der Waals surface area contributed by atoms with E-state index in [1.807, 2.05) is 6.20 Å². The summed E-state index contributed by atoms with van der Waals surface area (Å²) in [5.74, 6) is 0.0686. The van der Waals surface area contributed by atoms with E-state index in [9.17, 15) is 4.79 Å². The van der Waals surface area contributed by atoms with Gasteiger partial charge >= 0.3 is 0 Å². The number of hydrogen-bond donors (Lipinski definition) is 1. The van der Waals surface area contributed by atoms with Crippen molar-refractivity contribution in [2.75, 3.05) is 25.0 Å². The number of carbonyl (C=O) groups excluding carboxylic acids is 1. The van der Waals surface area contributed by atoms with Gasteiger partial charge in [0.05, 0.1) is 4.88 Å². The maximum Gasteiger partial charge on any atom is 0.226 e. The average molecular weight is 448 g/mol. The van der Waals surface area contributed by atoms with E-state index in [2.05, 4.69) is 71.5 Å². The molecule has 0 aliphatic heterocycles. The van der Waals surface area contributed by atoms with Gasteiger partial charge in [0.25, 0.3) is 0 Å². The SMILES string of the molecule is CCN(CC)CCCCCCC(=O)Nc1ncc(-c2ccc3c(c2)Cc2ccccc2-3)s1. The van der Waals surface area contributed by atoms with Crippen LogP contribution < -0.4 is 5.32 Å². The number of aromatic nitrogens is 1. The van der Waals surface area contributed by atoms with Crippen LogP contribution in [0.15, 0.2) is 48.7 Å². The Balaban J connectivity index is 1.25. The largest absolute Gasteiger partial charge is 0.304 e. The summed E-state index contributed by atoms with van der Waals surface area (Å²) in [6.07, 6.45) is 7.87. The first-order chi connectivity index (χ1) is 15.7. The van der Waals surface area contributed by atoms with Crippen LogP contribution in [0.2, 0.25) is 0 Å². The van der Waals surface area contributed by atoms with Crippen molar-refractivity contribution in [2.24, 2.45) is 0 Å². The molecule has 1 N–H and O–H groups in total. The number of fused-ring (bicyclic) bond motifs is 3. The maximum atomic E-state index is 12.3. The molecule has 0 saturated carbocycles. The molecule has 5 heteroatoms. The van der Waals surface area contributed by atoms with Gasteiger partial charge in [0.15, 0.2) is 5.13 Å². The van der Waals surface area contributed by atoms with Gasteiger partial charge in [-0.05, 0) is 72.8 Å². The maximum absolute atomic E-state index is 12.3. The minimum absolute atomic E-state index is 0.0686. The number of amides is 1. The highest BCUT2D eigenvalue weighted by molar-refractivity contribution is 7.19. The Bertz CT molecular complexity index is 1050. The first kappa shape index (κ1) is 22.7. The Hall–Kier alpha value is -2.50. The fraction of sp³-hybridized carbons (Fsp3) is 0.407. The number of unbranched alkanes of at least 4 members (excludes halogenated alkanes) is 3. The predicted molar refractivity (Wildman–Crippen MR) is 135 cm³/mol. The van der Waals surface area contributed by atoms with Gasteiger partial charge in [-0.1, -0.05) is 74.4 Å². The van der Waals surface area contributed by atoms with Gasteiger partial charge in [-0.2, -0.15) is 0 Å². The third kappa shape index (κ3) is 5.45. The number of nitrogens with one attached hydrogen (secondary N) is 1. The lowest BCUT2D eigenvalue weighted by molar-refractivity contribution is -0.116. The van der Waals surface area contributed by atoms with Crippen molar-refractivity contribution in [3.05, 3.63) is 59.8 Å². The zero-order valence-corrected chi connectivity index (χ0v) is 20.0. The first-order valence-corrected chi connectivity index (χ1v) is 12.7. The molecule has 168 valence electrons. The Morgan fingerprint density at radius 2 is 1.78 bits per heavy atom. The van der Waals surface area contributed by atoms with E-state index in [1.165, 1.54) is 40.7 Å². The van der Waals surface area contributed by atoms with Crippen molar-refractivity contribution in [3.8, 4) is 21.6 Å². The third-order valence-corrected chi connectivity index (χ3v) is 7.31. The zero-order valence-electron chi connectivity index (χ0n) is 19.2. The summed E-state index contributed by atoms with van der Waals surface area (Å²) in [7, 11) is 0. The molecule has 4 nitrogen and oxygen atoms in total. The molecule has 1 aromatic heterocycles. The summed E-state index contributed by atoms with van der Waals surface area (Å²) >= 11 is 1.55. The number of nitrogens with zero attached hydrogens (tertiary/aromatic N) is 2. The lowest BCUT2D eigenvalue weighted by Gasteiger charge is -2.17. The lowest BCUT2D eigenvalue weighted by Crippen LogP contribution is -2.23. The number of thiazole rings is 1. The molecule has 0 spiro atoms. The number of hydrogen-bond acceptors (Lipinski definition) is 4. The van der Waals surface area contributed by atoms with Gasteiger partial charge in [-0.3, -0.25) is 4.79 Å². The van der Waals surface area contributed by atoms with E-state index in [-0.39, 0.29) is 5.91 Å². The molecule has 0 fully saturated rings. The quantitative estimate of drug-likeness (QED) is 0.263. The standard InChI is InChI=1S/C27H33N3OS/c1-3-30(4-2)16-10-6-5-7-13-26(31)29-27-28-19-25(32-27)21-14-15-24-22(18-21)17-20-11-8-9-12-23(20)24/h8-9,11-12,14-15,18-19H,3-7,10,13,16-17H2,1-2H3,(H,28,29,31). The minimum Gasteiger partial charge on any atom is -0.304 e. The van der Waals surface area contributed by atoms with Crippen LogP contribution in [0.4, 0.5) is 5.13 Å². The van der Waals surface area contributed by atoms with E-state index >= 15 is 0 Å². The summed E-state index contributed by atoms with van der Waals surface area (Å²) in [6, 6.07) is 15.3. The van der Waals surface area contributed by atoms with E-state index in [0.29, 0.717) is 11.6 Å². The van der Waals surface area contributed by atoms with Crippen LogP contribution in [0.25, 0.3) is 21.6 Å². The molecule has 0 saturated heterocycles. The molecule has 4 rings (SSSR count). The van der Waals surface area contributed by atoms with Crippen molar-refractivity contribution < 1.29 is 4.79 Å². The molecule has 0 radical (unpaired) electrons. The second-order valence-electron chi connectivity index (χ2n) is 8.47. The molecule has 32 heavy (non-hydrogen) atoms. The van der Waals surface area contributed by atoms with Crippen molar-refractivity contribution in [1.82, 2.24) is 9.88 Å². The summed E-state index contributed by atoms with van der Waals surface area (Å²) in [6.45, 7) is 7.82. The molecule has 0 bridgehead atoms. The summed E-state index contributed by atoms with van der Waals surface area (Å²) in [5, 5.41) is 3.68. The van der Waals surface area contributed by atoms with Crippen molar-refractivity contribution in [3.63, 3.8) is 0 Å². The molecular formula is C27H33N3OS. The number of anilines is 1. The minimum atomic E-state index is 0.0686. The van der Waals surface area contributed by atoms with Gasteiger partial charge < -0.3 is 10.2 Å². The van der Waals surface area contributed by atoms with Gasteiger partial charge in [0.1, 0.15) is 0 Å². The molecule has 3 aromatic rings. The average Bonchev–Trinajstić information content (AvgIpc) is 3.42. The Morgan fingerprint density at radius 1 is 1.00 bits per heavy atom. The molecule has 0 atom stereocenters. The van der Waals surface area contributed by atoms with E-state index < -0.39 is 0 Å². The number of rotatable bonds is 11. The number of benzene rings is 2. The second-order valence-corrected chi connectivity index (χ2v) is 9.51. The van der Waals surface area contributed by atoms with Gasteiger partial charge in [0, 0.05) is 12.6 Å². The van der Waals surface area contributed by atoms with Crippen molar-refractivity contribution >= 4 is 22.4 Å². The highest BCUT2D eigenvalue weighted by atomic mass is 32.1. The normalized spacial score (nSPS) is 12.1. The topological polar surface area (TPSA) is 45.2 Å². The molecule has 2 aromatic carbocycles. The lowest BCUT2D eigenvalue weighted by atomic mass is 10.0. The Labute approximate surface area is 195 Å². The molecule has 0 unspecified atom stereocenters. The Kier molecular flexibility index (Phi) is 7.72. The Morgan fingerprint density at radius 3 is 2.62 bits per heavy atom. The van der Waals surface area contributed by atoms with E-state index in [4.69, 9.17) is 0 Å². The van der Waals surface area contributed by atoms with Crippen LogP contribution in [0.5, 0.6) is 0 Å². The van der Waals surface area contributed by atoms with Gasteiger partial charge in [-0.15, -0.1) is 0 Å². The van der Waals surface area contributed by atoms with Gasteiger partial charge in [0.2, 0.25) is 5.91 Å². The smallest absolute Gasteiger partial charge is 0.226 e. The van der Waals surface area contributed by atoms with Crippen LogP contribution in [0, 0.1) is 0 Å². The first-order valence-electron chi connectivity index (χ1n) is 11.9. The molecular weight excluding hydrogens is 414 g/mol. The monoisotopic (exact) mass is 447 g/mol. The van der Waals surface area contributed by atoms with Crippen LogP contribution in [0.1, 0.15) is 57.1 Å². The third-order valence-electron chi connectivity index (χ3n) is 6.35. The summed E-state index contributed by atoms with van der Waals surface area (Å²) in [4.78, 5) is 20.3. The summed E-state index contributed by atoms with van der Waals surface area (Å²) < 4.78 is 0. The molecule has 1 aliphatic rings. The zero-order chi connectivity index (χ0) is 22.3. The summed E-state index contributed by atoms with van der Waals surface area (Å²) in [5.41, 5.74) is 6.61. The van der Waals surface area contributed by atoms with Crippen LogP contribution in [-0.4, -0.2) is 35.4 Å². The van der Waals surface area contributed by atoms with Crippen LogP contribution in [-0.2, 0) is 11.2 Å². The predicted octanol–water partition coefficient (Wildman–Crippen LogP) is 6.61. The van der Waals surface area contributed by atoms with Gasteiger partial charge in [-0.25, -0.2) is 4.98 Å². The highest BCUT2D eigenvalue weighted by Crippen LogP contribution is 2.39. The highest BCUT2D eigenvalue weighted by Gasteiger charge is 2.18. The van der Waals surface area contributed by atoms with Crippen molar-refractivity contribution in [2.45, 2.75) is 52.4 Å².